The molecule has 0 atom stereocenters. The fourth-order valence-corrected chi connectivity index (χ4v) is 1.47. The Labute approximate surface area is 90.9 Å². The molecule has 16 heavy (non-hydrogen) atoms. The van der Waals surface area contributed by atoms with Crippen molar-refractivity contribution >= 4 is 11.5 Å². The van der Waals surface area contributed by atoms with Crippen LogP contribution in [0.25, 0.3) is 5.65 Å². The van der Waals surface area contributed by atoms with Crippen LogP contribution in [0.3, 0.4) is 0 Å². The maximum Gasteiger partial charge on any atom is 0.203 e. The van der Waals surface area contributed by atoms with Gasteiger partial charge in [-0.25, -0.2) is 4.98 Å². The Morgan fingerprint density at radius 2 is 2.44 bits per heavy atom. The first-order valence-electron chi connectivity index (χ1n) is 4.84. The second-order valence-electron chi connectivity index (χ2n) is 3.27. The first-order valence-corrected chi connectivity index (χ1v) is 4.84. The van der Waals surface area contributed by atoms with E-state index < -0.39 is 0 Å². The lowest BCUT2D eigenvalue weighted by Crippen LogP contribution is -2.02. The Morgan fingerprint density at radius 1 is 1.44 bits per heavy atom. The molecule has 0 saturated heterocycles. The summed E-state index contributed by atoms with van der Waals surface area (Å²) in [6.07, 6.45) is 6.77. The van der Waals surface area contributed by atoms with Crippen molar-refractivity contribution in [3.8, 4) is 0 Å². The average molecular weight is 215 g/mol. The third-order valence-corrected chi connectivity index (χ3v) is 2.23. The summed E-state index contributed by atoms with van der Waals surface area (Å²) < 4.78 is 7.02. The molecule has 1 N–H and O–H groups in total. The van der Waals surface area contributed by atoms with Crippen molar-refractivity contribution in [2.45, 2.75) is 6.54 Å². The fraction of sp³-hybridized carbons (Fsp3) is 0.100. The number of fused-ring (bicyclic) bond motifs is 1. The van der Waals surface area contributed by atoms with Crippen LogP contribution in [0.15, 0.2) is 41.5 Å². The Bertz CT molecular complexity index is 586. The minimum absolute atomic E-state index is 0.576. The normalized spacial score (nSPS) is 10.8. The lowest BCUT2D eigenvalue weighted by Gasteiger charge is -2.03. The molecule has 80 valence electrons. The van der Waals surface area contributed by atoms with Crippen molar-refractivity contribution in [2.75, 3.05) is 5.32 Å². The van der Waals surface area contributed by atoms with E-state index in [1.54, 1.807) is 29.4 Å². The molecule has 0 aliphatic rings. The van der Waals surface area contributed by atoms with Crippen LogP contribution in [0.2, 0.25) is 0 Å². The number of nitrogens with zero attached hydrogens (tertiary/aromatic N) is 4. The van der Waals surface area contributed by atoms with Crippen LogP contribution >= 0.6 is 0 Å². The summed E-state index contributed by atoms with van der Waals surface area (Å²) in [5.41, 5.74) is 0.703. The van der Waals surface area contributed by atoms with Crippen molar-refractivity contribution < 1.29 is 4.42 Å². The van der Waals surface area contributed by atoms with Crippen LogP contribution in [0.4, 0.5) is 5.82 Å². The molecular weight excluding hydrogens is 206 g/mol. The Balaban J connectivity index is 1.86. The first kappa shape index (κ1) is 8.90. The summed E-state index contributed by atoms with van der Waals surface area (Å²) in [6, 6.07) is 3.75. The van der Waals surface area contributed by atoms with Gasteiger partial charge in [0.25, 0.3) is 0 Å². The van der Waals surface area contributed by atoms with Crippen molar-refractivity contribution in [1.82, 2.24) is 19.6 Å². The number of nitrogens with one attached hydrogen (secondary N) is 1. The maximum atomic E-state index is 5.22. The van der Waals surface area contributed by atoms with Crippen molar-refractivity contribution in [1.29, 1.82) is 0 Å². The van der Waals surface area contributed by atoms with E-state index in [1.807, 2.05) is 12.1 Å². The number of hydrogen-bond acceptors (Lipinski definition) is 5. The zero-order valence-electron chi connectivity index (χ0n) is 8.37. The van der Waals surface area contributed by atoms with Crippen molar-refractivity contribution in [3.63, 3.8) is 0 Å². The van der Waals surface area contributed by atoms with Crippen LogP contribution in [0, 0.1) is 0 Å². The summed E-state index contributed by atoms with van der Waals surface area (Å²) in [5.74, 6) is 1.54. The highest BCUT2D eigenvalue weighted by Crippen LogP contribution is 2.11. The fourth-order valence-electron chi connectivity index (χ4n) is 1.47. The van der Waals surface area contributed by atoms with Crippen molar-refractivity contribution in [2.24, 2.45) is 0 Å². The van der Waals surface area contributed by atoms with Crippen LogP contribution in [0.1, 0.15) is 5.76 Å². The van der Waals surface area contributed by atoms with Gasteiger partial charge in [-0.05, 0) is 12.1 Å². The first-order chi connectivity index (χ1) is 7.93. The molecule has 3 heterocycles. The zero-order chi connectivity index (χ0) is 10.8. The van der Waals surface area contributed by atoms with Gasteiger partial charge in [-0.15, -0.1) is 10.2 Å². The number of aromatic nitrogens is 4. The lowest BCUT2D eigenvalue weighted by atomic mass is 10.4. The van der Waals surface area contributed by atoms with Gasteiger partial charge in [-0.1, -0.05) is 0 Å². The highest BCUT2D eigenvalue weighted by molar-refractivity contribution is 5.61. The van der Waals surface area contributed by atoms with Gasteiger partial charge in [0.05, 0.1) is 12.8 Å². The third kappa shape index (κ3) is 1.50. The van der Waals surface area contributed by atoms with E-state index in [2.05, 4.69) is 20.5 Å². The highest BCUT2D eigenvalue weighted by atomic mass is 16.3. The number of rotatable bonds is 3. The minimum atomic E-state index is 0.576. The number of furan rings is 1. The monoisotopic (exact) mass is 215 g/mol. The summed E-state index contributed by atoms with van der Waals surface area (Å²) in [4.78, 5) is 4.20. The SMILES string of the molecule is c1coc(CNc2nccn3cnnc23)c1. The van der Waals surface area contributed by atoms with Gasteiger partial charge >= 0.3 is 0 Å². The van der Waals surface area contributed by atoms with Gasteiger partial charge in [0.1, 0.15) is 12.1 Å². The molecule has 0 bridgehead atoms. The Kier molecular flexibility index (Phi) is 2.03. The number of anilines is 1. The van der Waals surface area contributed by atoms with Gasteiger partial charge in [0.15, 0.2) is 5.82 Å². The molecule has 3 aromatic rings. The average Bonchev–Trinajstić information content (AvgIpc) is 2.97. The van der Waals surface area contributed by atoms with Crippen molar-refractivity contribution in [3.05, 3.63) is 42.9 Å². The Hall–Kier alpha value is -2.37. The summed E-state index contributed by atoms with van der Waals surface area (Å²) in [5, 5.41) is 10.9. The molecule has 6 heteroatoms. The molecule has 0 spiro atoms. The standard InChI is InChI=1S/C10H9N5O/c1-2-8(16-5-1)6-12-9-10-14-13-7-15(10)4-3-11-9/h1-5,7H,6H2,(H,11,12). The van der Waals surface area contributed by atoms with Gasteiger partial charge in [-0.2, -0.15) is 0 Å². The van der Waals surface area contributed by atoms with E-state index in [4.69, 9.17) is 4.42 Å². The molecule has 0 aromatic carbocycles. The second-order valence-corrected chi connectivity index (χ2v) is 3.27. The van der Waals surface area contributed by atoms with Crippen LogP contribution in [-0.2, 0) is 6.54 Å². The molecule has 0 amide bonds. The Morgan fingerprint density at radius 3 is 3.31 bits per heavy atom. The maximum absolute atomic E-state index is 5.22. The van der Waals surface area contributed by atoms with Crippen LogP contribution in [0.5, 0.6) is 0 Å². The second kappa shape index (κ2) is 3.65. The van der Waals surface area contributed by atoms with Gasteiger partial charge in [0.2, 0.25) is 5.65 Å². The van der Waals surface area contributed by atoms with E-state index in [-0.39, 0.29) is 0 Å². The molecule has 3 rings (SSSR count). The third-order valence-electron chi connectivity index (χ3n) is 2.23. The molecule has 3 aromatic heterocycles. The quantitative estimate of drug-likeness (QED) is 0.713. The van der Waals surface area contributed by atoms with E-state index in [0.29, 0.717) is 18.0 Å². The van der Waals surface area contributed by atoms with Crippen LogP contribution < -0.4 is 5.32 Å². The predicted molar refractivity (Wildman–Crippen MR) is 56.8 cm³/mol. The largest absolute Gasteiger partial charge is 0.467 e. The smallest absolute Gasteiger partial charge is 0.203 e. The molecular formula is C10H9N5O. The van der Waals surface area contributed by atoms with E-state index in [9.17, 15) is 0 Å². The molecule has 0 radical (unpaired) electrons. The summed E-state index contributed by atoms with van der Waals surface area (Å²) in [6.45, 7) is 0.576. The van der Waals surface area contributed by atoms with Gasteiger partial charge < -0.3 is 9.73 Å². The van der Waals surface area contributed by atoms with E-state index >= 15 is 0 Å². The summed E-state index contributed by atoms with van der Waals surface area (Å²) in [7, 11) is 0. The molecule has 0 aliphatic heterocycles. The highest BCUT2D eigenvalue weighted by Gasteiger charge is 2.04. The van der Waals surface area contributed by atoms with E-state index in [0.717, 1.165) is 5.76 Å². The number of hydrogen-bond donors (Lipinski definition) is 1. The predicted octanol–water partition coefficient (Wildman–Crippen LogP) is 1.33. The summed E-state index contributed by atoms with van der Waals surface area (Å²) >= 11 is 0. The van der Waals surface area contributed by atoms with Crippen LogP contribution in [-0.4, -0.2) is 19.6 Å². The van der Waals surface area contributed by atoms with E-state index in [1.165, 1.54) is 0 Å². The van der Waals surface area contributed by atoms with Gasteiger partial charge in [0, 0.05) is 12.4 Å². The zero-order valence-corrected chi connectivity index (χ0v) is 8.37. The molecule has 0 fully saturated rings. The molecule has 0 saturated carbocycles. The minimum Gasteiger partial charge on any atom is -0.467 e. The molecule has 6 nitrogen and oxygen atoms in total. The molecule has 0 aliphatic carbocycles. The lowest BCUT2D eigenvalue weighted by molar-refractivity contribution is 0.518. The van der Waals surface area contributed by atoms with Gasteiger partial charge in [-0.3, -0.25) is 4.40 Å². The molecule has 0 unspecified atom stereocenters. The topological polar surface area (TPSA) is 68.2 Å².